The van der Waals surface area contributed by atoms with Gasteiger partial charge in [-0.2, -0.15) is 0 Å². The van der Waals surface area contributed by atoms with Crippen molar-refractivity contribution in [3.8, 4) is 5.75 Å². The molecule has 0 aliphatic heterocycles. The van der Waals surface area contributed by atoms with Crippen LogP contribution in [0.3, 0.4) is 0 Å². The molecule has 4 N–H and O–H groups in total. The molecule has 15 nitrogen and oxygen atoms in total. The fourth-order valence-corrected chi connectivity index (χ4v) is 7.29. The van der Waals surface area contributed by atoms with Crippen LogP contribution in [0.1, 0.15) is 121 Å². The number of aromatic hydroxyl groups is 1. The number of likely N-dealkylation sites (N-methyl/N-ethyl adjacent to an activating group) is 1. The van der Waals surface area contributed by atoms with Crippen molar-refractivity contribution in [2.24, 2.45) is 17.8 Å². The lowest BCUT2D eigenvalue weighted by Gasteiger charge is -2.39. The number of amides is 3. The molecule has 3 unspecified atom stereocenters. The van der Waals surface area contributed by atoms with Gasteiger partial charge in [-0.05, 0) is 69.3 Å². The molecule has 0 saturated carbocycles. The van der Waals surface area contributed by atoms with Gasteiger partial charge in [0.15, 0.2) is 12.8 Å². The molecule has 1 aromatic carbocycles. The molecular formula is C41H63N5O10S. The summed E-state index contributed by atoms with van der Waals surface area (Å²) in [5, 5.41) is 27.0. The Morgan fingerprint density at radius 1 is 0.930 bits per heavy atom. The molecular weight excluding hydrogens is 755 g/mol. The maximum absolute atomic E-state index is 14.7. The number of benzene rings is 1. The van der Waals surface area contributed by atoms with Gasteiger partial charge < -0.3 is 35.2 Å². The second-order valence-electron chi connectivity index (χ2n) is 15.2. The molecule has 2 rings (SSSR count). The number of carboxylic acids is 1. The van der Waals surface area contributed by atoms with E-state index in [9.17, 15) is 39.0 Å². The van der Waals surface area contributed by atoms with Crippen LogP contribution in [0.4, 0.5) is 0 Å². The van der Waals surface area contributed by atoms with Gasteiger partial charge in [0.2, 0.25) is 11.8 Å². The average molecular weight is 818 g/mol. The molecule has 318 valence electrons. The van der Waals surface area contributed by atoms with Gasteiger partial charge >= 0.3 is 17.9 Å². The number of hydrogen-bond donors (Lipinski definition) is 4. The van der Waals surface area contributed by atoms with Crippen LogP contribution in [-0.4, -0.2) is 106 Å². The topological polar surface area (TPSA) is 205 Å². The zero-order chi connectivity index (χ0) is 43.0. The van der Waals surface area contributed by atoms with Crippen molar-refractivity contribution in [3.63, 3.8) is 0 Å². The maximum Gasteiger partial charge on any atom is 0.307 e. The van der Waals surface area contributed by atoms with Crippen LogP contribution in [0, 0.1) is 17.8 Å². The molecule has 0 fully saturated rings. The van der Waals surface area contributed by atoms with Gasteiger partial charge in [0.25, 0.3) is 5.91 Å². The number of carbonyl (C=O) groups is 6. The number of carbonyl (C=O) groups excluding carboxylic acids is 5. The molecule has 0 spiro atoms. The van der Waals surface area contributed by atoms with E-state index in [2.05, 4.69) is 15.6 Å². The lowest BCUT2D eigenvalue weighted by molar-refractivity contribution is -0.160. The Balaban J connectivity index is 2.52. The van der Waals surface area contributed by atoms with Crippen molar-refractivity contribution in [2.45, 2.75) is 131 Å². The Labute approximate surface area is 340 Å². The fraction of sp³-hybridized carbons (Fsp3) is 0.634. The first-order chi connectivity index (χ1) is 26.8. The van der Waals surface area contributed by atoms with E-state index in [1.54, 1.807) is 38.1 Å². The number of rotatable bonds is 24. The normalized spacial score (nSPS) is 15.1. The van der Waals surface area contributed by atoms with Crippen molar-refractivity contribution >= 4 is 47.0 Å². The quantitative estimate of drug-likeness (QED) is 0.0785. The third-order valence-electron chi connectivity index (χ3n) is 9.97. The van der Waals surface area contributed by atoms with Crippen molar-refractivity contribution in [1.29, 1.82) is 0 Å². The maximum atomic E-state index is 14.7. The summed E-state index contributed by atoms with van der Waals surface area (Å²) in [7, 11) is 3.59. The summed E-state index contributed by atoms with van der Waals surface area (Å²) in [6.07, 6.45) is 1.21. The molecule has 1 aromatic heterocycles. The summed E-state index contributed by atoms with van der Waals surface area (Å²) in [6.45, 7) is 13.7. The Morgan fingerprint density at radius 2 is 1.58 bits per heavy atom. The minimum atomic E-state index is -1.02. The predicted molar refractivity (Wildman–Crippen MR) is 216 cm³/mol. The Bertz CT molecular complexity index is 1630. The van der Waals surface area contributed by atoms with E-state index in [0.717, 1.165) is 16.9 Å². The zero-order valence-corrected chi connectivity index (χ0v) is 35.9. The molecule has 16 heteroatoms. The minimum Gasteiger partial charge on any atom is -0.508 e. The van der Waals surface area contributed by atoms with Crippen molar-refractivity contribution in [2.75, 3.05) is 20.8 Å². The number of aliphatic carboxylic acids is 1. The molecule has 1 heterocycles. The molecule has 2 aromatic rings. The van der Waals surface area contributed by atoms with E-state index in [1.807, 2.05) is 41.5 Å². The second kappa shape index (κ2) is 23.6. The molecule has 57 heavy (non-hydrogen) atoms. The Kier molecular flexibility index (Phi) is 20.1. The first-order valence-electron chi connectivity index (χ1n) is 19.7. The number of carboxylic acid groups (broad SMARTS) is 1. The Hall–Kier alpha value is -4.57. The molecule has 0 saturated heterocycles. The summed E-state index contributed by atoms with van der Waals surface area (Å²) >= 11 is 1.09. The zero-order valence-electron chi connectivity index (χ0n) is 35.1. The van der Waals surface area contributed by atoms with E-state index in [4.69, 9.17) is 9.47 Å². The number of nitrogens with one attached hydrogen (secondary N) is 2. The number of nitrogens with zero attached hydrogens (tertiary/aromatic N) is 3. The third kappa shape index (κ3) is 15.4. The van der Waals surface area contributed by atoms with Crippen LogP contribution in [0.15, 0.2) is 29.6 Å². The van der Waals surface area contributed by atoms with Crippen LogP contribution in [0.2, 0.25) is 0 Å². The van der Waals surface area contributed by atoms with Gasteiger partial charge in [-0.3, -0.25) is 33.7 Å². The number of esters is 2. The van der Waals surface area contributed by atoms with E-state index in [1.165, 1.54) is 29.3 Å². The van der Waals surface area contributed by atoms with E-state index < -0.39 is 72.6 Å². The number of phenols is 1. The van der Waals surface area contributed by atoms with Crippen LogP contribution < -0.4 is 10.6 Å². The van der Waals surface area contributed by atoms with Crippen molar-refractivity contribution in [3.05, 3.63) is 45.9 Å². The van der Waals surface area contributed by atoms with Crippen LogP contribution in [0.5, 0.6) is 5.75 Å². The number of ether oxygens (including phenoxy) is 2. The molecule has 0 aliphatic carbocycles. The van der Waals surface area contributed by atoms with Gasteiger partial charge in [0, 0.05) is 37.2 Å². The van der Waals surface area contributed by atoms with Gasteiger partial charge in [-0.1, -0.05) is 67.0 Å². The van der Waals surface area contributed by atoms with Gasteiger partial charge in [0.1, 0.15) is 22.5 Å². The van der Waals surface area contributed by atoms with Gasteiger partial charge in [-0.25, -0.2) is 4.98 Å². The lowest BCUT2D eigenvalue weighted by atomic mass is 9.92. The number of hydrogen-bond acceptors (Lipinski definition) is 12. The van der Waals surface area contributed by atoms with Crippen LogP contribution in [-0.2, 0) is 39.9 Å². The van der Waals surface area contributed by atoms with E-state index in [-0.39, 0.29) is 53.5 Å². The fourth-order valence-electron chi connectivity index (χ4n) is 6.45. The lowest BCUT2D eigenvalue weighted by Crippen LogP contribution is -2.58. The third-order valence-corrected chi connectivity index (χ3v) is 10.9. The predicted octanol–water partition coefficient (Wildman–Crippen LogP) is 5.32. The summed E-state index contributed by atoms with van der Waals surface area (Å²) < 4.78 is 11.4. The van der Waals surface area contributed by atoms with Crippen LogP contribution >= 0.6 is 11.3 Å². The highest BCUT2D eigenvalue weighted by Crippen LogP contribution is 2.32. The monoisotopic (exact) mass is 817 g/mol. The van der Waals surface area contributed by atoms with Gasteiger partial charge in [-0.15, -0.1) is 11.3 Å². The highest BCUT2D eigenvalue weighted by molar-refractivity contribution is 7.09. The van der Waals surface area contributed by atoms with Gasteiger partial charge in [0.05, 0.1) is 12.0 Å². The summed E-state index contributed by atoms with van der Waals surface area (Å²) in [5.74, 6) is -4.68. The SMILES string of the molecule is CCCC(=O)OCN(C(=O)C(NC(=O)[C@H](CC)N(C)C)C(C)CC)C(C[C@H](OC(C)=O)c1nc(C(=O)N[C@H](Cc2ccc(O)cc2)C[C@@H](C)C(=O)O)cs1)C(C)C. The highest BCUT2D eigenvalue weighted by atomic mass is 32.1. The minimum absolute atomic E-state index is 0.0267. The molecule has 0 aliphatic rings. The first-order valence-corrected chi connectivity index (χ1v) is 20.6. The smallest absolute Gasteiger partial charge is 0.307 e. The Morgan fingerprint density at radius 3 is 2.11 bits per heavy atom. The summed E-state index contributed by atoms with van der Waals surface area (Å²) in [5.41, 5.74) is 0.807. The van der Waals surface area contributed by atoms with Crippen molar-refractivity contribution < 1.29 is 48.5 Å². The summed E-state index contributed by atoms with van der Waals surface area (Å²) in [6, 6.07) is 3.70. The highest BCUT2D eigenvalue weighted by Gasteiger charge is 2.39. The van der Waals surface area contributed by atoms with Crippen molar-refractivity contribution in [1.82, 2.24) is 25.4 Å². The molecule has 3 amide bonds. The number of phenolic OH excluding ortho intramolecular Hbond substituents is 1. The largest absolute Gasteiger partial charge is 0.508 e. The second-order valence-corrected chi connectivity index (χ2v) is 16.1. The number of aromatic nitrogens is 1. The van der Waals surface area contributed by atoms with E-state index in [0.29, 0.717) is 25.7 Å². The molecule has 0 radical (unpaired) electrons. The summed E-state index contributed by atoms with van der Waals surface area (Å²) in [4.78, 5) is 86.4. The van der Waals surface area contributed by atoms with Crippen LogP contribution in [0.25, 0.3) is 0 Å². The molecule has 7 atom stereocenters. The average Bonchev–Trinajstić information content (AvgIpc) is 3.64. The molecule has 0 bridgehead atoms. The van der Waals surface area contributed by atoms with E-state index >= 15 is 0 Å². The standard InChI is InChI=1S/C41H63N5O10S/c1-11-14-35(49)55-23-46(40(52)36(25(6)12-2)44-38(51)32(13-3)45(9)10)33(24(4)5)21-34(56-27(8)47)39-43-31(22-57-39)37(50)42-29(19-26(7)41(53)54)20-28-15-17-30(48)18-16-28/h15-18,22,24-26,29,32-34,36,48H,11-14,19-21,23H2,1-10H3,(H,42,50)(H,44,51)(H,53,54)/t25?,26-,29+,32+,33?,34+,36?/m1/s1. The number of thiazole rings is 1. The first kappa shape index (κ1) is 48.6.